The number of nitrogens with zero attached hydrogens (tertiary/aromatic N) is 3. The van der Waals surface area contributed by atoms with Crippen molar-refractivity contribution in [3.8, 4) is 6.07 Å². The first-order chi connectivity index (χ1) is 7.05. The first-order valence-electron chi connectivity index (χ1n) is 4.95. The second-order valence-electron chi connectivity index (χ2n) is 4.19. The SMILES string of the molecule is Cc1nn(CC(N)(C#N)C2CC2)cc1Cl. The van der Waals surface area contributed by atoms with Crippen LogP contribution in [0, 0.1) is 24.2 Å². The molecule has 0 radical (unpaired) electrons. The number of hydrogen-bond acceptors (Lipinski definition) is 3. The fraction of sp³-hybridized carbons (Fsp3) is 0.600. The van der Waals surface area contributed by atoms with Crippen molar-refractivity contribution in [3.63, 3.8) is 0 Å². The van der Waals surface area contributed by atoms with E-state index < -0.39 is 5.54 Å². The lowest BCUT2D eigenvalue weighted by molar-refractivity contribution is 0.383. The zero-order chi connectivity index (χ0) is 11.1. The second-order valence-corrected chi connectivity index (χ2v) is 4.59. The van der Waals surface area contributed by atoms with Gasteiger partial charge >= 0.3 is 0 Å². The Balaban J connectivity index is 2.17. The Morgan fingerprint density at radius 1 is 1.80 bits per heavy atom. The van der Waals surface area contributed by atoms with Gasteiger partial charge in [0.15, 0.2) is 0 Å². The van der Waals surface area contributed by atoms with Gasteiger partial charge in [-0.2, -0.15) is 10.4 Å². The summed E-state index contributed by atoms with van der Waals surface area (Å²) in [6.07, 6.45) is 3.80. The van der Waals surface area contributed by atoms with Crippen LogP contribution in [0.5, 0.6) is 0 Å². The highest BCUT2D eigenvalue weighted by atomic mass is 35.5. The molecule has 15 heavy (non-hydrogen) atoms. The minimum Gasteiger partial charge on any atom is -0.312 e. The van der Waals surface area contributed by atoms with Crippen molar-refractivity contribution in [1.82, 2.24) is 9.78 Å². The van der Waals surface area contributed by atoms with Crippen LogP contribution in [0.15, 0.2) is 6.20 Å². The van der Waals surface area contributed by atoms with Gasteiger partial charge in [0.2, 0.25) is 0 Å². The topological polar surface area (TPSA) is 67.6 Å². The van der Waals surface area contributed by atoms with Crippen LogP contribution in [-0.4, -0.2) is 15.3 Å². The molecule has 4 nitrogen and oxygen atoms in total. The molecule has 1 aromatic heterocycles. The third-order valence-electron chi connectivity index (χ3n) is 2.82. The van der Waals surface area contributed by atoms with E-state index in [0.29, 0.717) is 17.5 Å². The summed E-state index contributed by atoms with van der Waals surface area (Å²) < 4.78 is 1.67. The van der Waals surface area contributed by atoms with Crippen LogP contribution in [0.3, 0.4) is 0 Å². The number of aryl methyl sites for hydroxylation is 1. The van der Waals surface area contributed by atoms with Crippen molar-refractivity contribution >= 4 is 11.6 Å². The number of aromatic nitrogens is 2. The molecular formula is C10H13ClN4. The molecule has 0 saturated heterocycles. The molecule has 1 heterocycles. The highest BCUT2D eigenvalue weighted by molar-refractivity contribution is 6.31. The Labute approximate surface area is 93.6 Å². The van der Waals surface area contributed by atoms with Gasteiger partial charge in [0.05, 0.1) is 23.3 Å². The van der Waals surface area contributed by atoms with Crippen molar-refractivity contribution in [3.05, 3.63) is 16.9 Å². The summed E-state index contributed by atoms with van der Waals surface area (Å²) in [5.41, 5.74) is 6.01. The third-order valence-corrected chi connectivity index (χ3v) is 3.20. The van der Waals surface area contributed by atoms with E-state index in [-0.39, 0.29) is 0 Å². The normalized spacial score (nSPS) is 19.6. The van der Waals surface area contributed by atoms with Gasteiger partial charge in [0.25, 0.3) is 0 Å². The molecule has 0 aromatic carbocycles. The first kappa shape index (κ1) is 10.5. The number of rotatable bonds is 3. The summed E-state index contributed by atoms with van der Waals surface area (Å²) in [6.45, 7) is 2.25. The molecule has 1 aliphatic rings. The summed E-state index contributed by atoms with van der Waals surface area (Å²) in [7, 11) is 0. The fourth-order valence-electron chi connectivity index (χ4n) is 1.70. The number of nitrogens with two attached hydrogens (primary N) is 1. The van der Waals surface area contributed by atoms with Gasteiger partial charge < -0.3 is 5.73 Å². The smallest absolute Gasteiger partial charge is 0.126 e. The molecule has 2 N–H and O–H groups in total. The zero-order valence-corrected chi connectivity index (χ0v) is 9.33. The lowest BCUT2D eigenvalue weighted by atomic mass is 9.97. The Hall–Kier alpha value is -1.05. The quantitative estimate of drug-likeness (QED) is 0.846. The van der Waals surface area contributed by atoms with Crippen LogP contribution in [0.25, 0.3) is 0 Å². The molecule has 0 spiro atoms. The van der Waals surface area contributed by atoms with E-state index >= 15 is 0 Å². The molecule has 2 rings (SSSR count). The van der Waals surface area contributed by atoms with E-state index in [9.17, 15) is 0 Å². The largest absolute Gasteiger partial charge is 0.312 e. The van der Waals surface area contributed by atoms with Crippen LogP contribution in [0.2, 0.25) is 5.02 Å². The fourth-order valence-corrected chi connectivity index (χ4v) is 1.85. The maximum Gasteiger partial charge on any atom is 0.126 e. The molecule has 1 aromatic rings. The molecule has 0 aliphatic heterocycles. The molecule has 1 aliphatic carbocycles. The highest BCUT2D eigenvalue weighted by Gasteiger charge is 2.43. The molecule has 1 saturated carbocycles. The Bertz CT molecular complexity index is 396. The van der Waals surface area contributed by atoms with E-state index in [1.54, 1.807) is 10.9 Å². The van der Waals surface area contributed by atoms with Crippen molar-refractivity contribution < 1.29 is 0 Å². The van der Waals surface area contributed by atoms with Crippen LogP contribution in [0.1, 0.15) is 18.5 Å². The van der Waals surface area contributed by atoms with E-state index in [1.165, 1.54) is 0 Å². The summed E-state index contributed by atoms with van der Waals surface area (Å²) in [4.78, 5) is 0. The molecule has 1 atom stereocenters. The lowest BCUT2D eigenvalue weighted by Crippen LogP contribution is -2.45. The zero-order valence-electron chi connectivity index (χ0n) is 8.57. The van der Waals surface area contributed by atoms with Gasteiger partial charge in [0, 0.05) is 6.20 Å². The predicted octanol–water partition coefficient (Wildman–Crippen LogP) is 1.48. The monoisotopic (exact) mass is 224 g/mol. The molecular weight excluding hydrogens is 212 g/mol. The van der Waals surface area contributed by atoms with Gasteiger partial charge in [-0.05, 0) is 25.7 Å². The molecule has 80 valence electrons. The third kappa shape index (κ3) is 1.99. The second kappa shape index (κ2) is 3.51. The molecule has 0 amide bonds. The minimum absolute atomic E-state index is 0.311. The number of hydrogen-bond donors (Lipinski definition) is 1. The average Bonchev–Trinajstić information content (AvgIpc) is 2.96. The summed E-state index contributed by atoms with van der Waals surface area (Å²) >= 11 is 5.89. The first-order valence-corrected chi connectivity index (χ1v) is 5.32. The van der Waals surface area contributed by atoms with Crippen molar-refractivity contribution in [2.45, 2.75) is 31.8 Å². The van der Waals surface area contributed by atoms with E-state index in [2.05, 4.69) is 11.2 Å². The standard InChI is InChI=1S/C10H13ClN4/c1-7-9(11)4-15(14-7)6-10(13,5-12)8-2-3-8/h4,8H,2-3,6,13H2,1H3. The van der Waals surface area contributed by atoms with Crippen molar-refractivity contribution in [1.29, 1.82) is 5.26 Å². The molecule has 1 fully saturated rings. The summed E-state index contributed by atoms with van der Waals surface area (Å²) in [5.74, 6) is 0.311. The van der Waals surface area contributed by atoms with E-state index in [1.807, 2.05) is 6.92 Å². The Kier molecular flexibility index (Phi) is 2.45. The van der Waals surface area contributed by atoms with Crippen LogP contribution in [-0.2, 0) is 6.54 Å². The van der Waals surface area contributed by atoms with E-state index in [0.717, 1.165) is 18.5 Å². The maximum absolute atomic E-state index is 9.08. The summed E-state index contributed by atoms with van der Waals surface area (Å²) in [6, 6.07) is 2.19. The summed E-state index contributed by atoms with van der Waals surface area (Å²) in [5, 5.41) is 13.9. The highest BCUT2D eigenvalue weighted by Crippen LogP contribution is 2.38. The number of nitriles is 1. The number of halogens is 1. The lowest BCUT2D eigenvalue weighted by Gasteiger charge is -2.20. The van der Waals surface area contributed by atoms with Gasteiger partial charge in [-0.3, -0.25) is 4.68 Å². The van der Waals surface area contributed by atoms with Gasteiger partial charge in [0.1, 0.15) is 5.54 Å². The van der Waals surface area contributed by atoms with Crippen molar-refractivity contribution in [2.75, 3.05) is 0 Å². The maximum atomic E-state index is 9.08. The van der Waals surface area contributed by atoms with Crippen LogP contribution >= 0.6 is 11.6 Å². The Morgan fingerprint density at radius 2 is 2.47 bits per heavy atom. The predicted molar refractivity (Wildman–Crippen MR) is 57.2 cm³/mol. The molecule has 0 bridgehead atoms. The Morgan fingerprint density at radius 3 is 2.87 bits per heavy atom. The molecule has 1 unspecified atom stereocenters. The minimum atomic E-state index is -0.790. The molecule has 5 heteroatoms. The van der Waals surface area contributed by atoms with Crippen LogP contribution in [0.4, 0.5) is 0 Å². The van der Waals surface area contributed by atoms with Crippen LogP contribution < -0.4 is 5.73 Å². The van der Waals surface area contributed by atoms with E-state index in [4.69, 9.17) is 22.6 Å². The average molecular weight is 225 g/mol. The van der Waals surface area contributed by atoms with Crippen molar-refractivity contribution in [2.24, 2.45) is 11.7 Å². The van der Waals surface area contributed by atoms with Gasteiger partial charge in [-0.15, -0.1) is 0 Å². The van der Waals surface area contributed by atoms with Gasteiger partial charge in [-0.1, -0.05) is 11.6 Å². The van der Waals surface area contributed by atoms with Gasteiger partial charge in [-0.25, -0.2) is 0 Å².